The Kier molecular flexibility index (Phi) is 13.9. The lowest BCUT2D eigenvalue weighted by Crippen LogP contribution is -2.47. The highest BCUT2D eigenvalue weighted by molar-refractivity contribution is 7.70. The van der Waals surface area contributed by atoms with Crippen LogP contribution in [0.2, 0.25) is 5.02 Å². The highest BCUT2D eigenvalue weighted by Crippen LogP contribution is 2.40. The number of likely N-dealkylation sites (tertiary alicyclic amines) is 1. The van der Waals surface area contributed by atoms with Crippen molar-refractivity contribution in [3.63, 3.8) is 0 Å². The third kappa shape index (κ3) is 10.9. The molecule has 0 saturated carbocycles. The van der Waals surface area contributed by atoms with Gasteiger partial charge in [0.05, 0.1) is 53.3 Å². The molecule has 5 aromatic rings. The average Bonchev–Trinajstić information content (AvgIpc) is 3.86. The Morgan fingerprint density at radius 3 is 2.55 bits per heavy atom. The SMILES string of the molecule is COc1cc(N2CCC[C@@H](CC(C)(C)[CH]C(=O)N3C[C@H](O)C[C@H]3C(=O)NCc3ccc(-c4scnc4C)cc3)C2)ccc1Nc1ncc(Cl)c(Nc2ccccc2P(C)(C)=O)n1. The van der Waals surface area contributed by atoms with Crippen LogP contribution in [0, 0.1) is 24.7 Å². The number of carbonyl (C=O) groups is 2. The normalized spacial score (nSPS) is 18.1. The number of thiazole rings is 1. The molecule has 0 aliphatic carbocycles. The minimum Gasteiger partial charge on any atom is -0.494 e. The molecule has 2 aliphatic heterocycles. The number of nitrogens with one attached hydrogen (secondary N) is 3. The lowest BCUT2D eigenvalue weighted by atomic mass is 9.77. The zero-order chi connectivity index (χ0) is 44.2. The molecule has 4 N–H and O–H groups in total. The molecule has 2 saturated heterocycles. The molecule has 2 aromatic heterocycles. The molecular formula is C46H55ClN8O5PS. The van der Waals surface area contributed by atoms with E-state index in [2.05, 4.69) is 49.6 Å². The van der Waals surface area contributed by atoms with E-state index in [1.807, 2.05) is 79.2 Å². The van der Waals surface area contributed by atoms with Gasteiger partial charge in [-0.3, -0.25) is 9.59 Å². The van der Waals surface area contributed by atoms with Crippen molar-refractivity contribution >= 4 is 76.0 Å². The second-order valence-electron chi connectivity index (χ2n) is 17.3. The fourth-order valence-corrected chi connectivity index (χ4v) is 10.5. The summed E-state index contributed by atoms with van der Waals surface area (Å²) in [7, 11) is -0.951. The summed E-state index contributed by atoms with van der Waals surface area (Å²) in [5.41, 5.74) is 6.75. The van der Waals surface area contributed by atoms with Crippen molar-refractivity contribution < 1.29 is 24.0 Å². The number of β-amino-alcohol motifs (C(OH)–C–C–N with tert-alkyl or cyclic N) is 1. The number of para-hydroxylation sites is 1. The summed E-state index contributed by atoms with van der Waals surface area (Å²) in [6, 6.07) is 20.7. The van der Waals surface area contributed by atoms with Gasteiger partial charge in [-0.05, 0) is 86.2 Å². The smallest absolute Gasteiger partial charge is 0.243 e. The Hall–Kier alpha value is -5.01. The molecule has 0 unspecified atom stereocenters. The molecule has 13 nitrogen and oxygen atoms in total. The fourth-order valence-electron chi connectivity index (χ4n) is 8.44. The molecule has 3 atom stereocenters. The zero-order valence-electron chi connectivity index (χ0n) is 36.0. The van der Waals surface area contributed by atoms with Crippen LogP contribution in [0.4, 0.5) is 28.8 Å². The van der Waals surface area contributed by atoms with E-state index in [4.69, 9.17) is 16.3 Å². The number of hydrogen-bond donors (Lipinski definition) is 4. The number of hydrogen-bond acceptors (Lipinski definition) is 12. The third-order valence-electron chi connectivity index (χ3n) is 11.4. The molecule has 0 bridgehead atoms. The van der Waals surface area contributed by atoms with Crippen LogP contribution in [0.5, 0.6) is 5.75 Å². The summed E-state index contributed by atoms with van der Waals surface area (Å²) in [6.45, 7) is 11.7. The second-order valence-corrected chi connectivity index (χ2v) is 21.7. The molecule has 16 heteroatoms. The Labute approximate surface area is 373 Å². The van der Waals surface area contributed by atoms with Crippen LogP contribution in [-0.2, 0) is 20.7 Å². The van der Waals surface area contributed by atoms with E-state index in [9.17, 15) is 19.3 Å². The van der Waals surface area contributed by atoms with Crippen LogP contribution in [0.25, 0.3) is 10.4 Å². The molecule has 2 fully saturated rings. The number of aliphatic hydroxyl groups is 1. The van der Waals surface area contributed by atoms with Crippen LogP contribution in [0.1, 0.15) is 50.8 Å². The number of carbonyl (C=O) groups excluding carboxylic acids is 2. The fraction of sp³-hybridized carbons (Fsp3) is 0.391. The van der Waals surface area contributed by atoms with Crippen molar-refractivity contribution in [2.24, 2.45) is 11.3 Å². The number of anilines is 5. The highest BCUT2D eigenvalue weighted by Gasteiger charge is 2.41. The summed E-state index contributed by atoms with van der Waals surface area (Å²) in [6.07, 6.45) is 5.48. The Morgan fingerprint density at radius 2 is 1.82 bits per heavy atom. The predicted molar refractivity (Wildman–Crippen MR) is 250 cm³/mol. The predicted octanol–water partition coefficient (Wildman–Crippen LogP) is 8.42. The highest BCUT2D eigenvalue weighted by atomic mass is 35.5. The zero-order valence-corrected chi connectivity index (χ0v) is 38.5. The van der Waals surface area contributed by atoms with Gasteiger partial charge in [0.1, 0.15) is 24.0 Å². The number of halogens is 1. The average molecular weight is 898 g/mol. The first-order valence-electron chi connectivity index (χ1n) is 20.8. The van der Waals surface area contributed by atoms with E-state index in [1.54, 1.807) is 38.2 Å². The summed E-state index contributed by atoms with van der Waals surface area (Å²) in [5.74, 6) is 1.11. The number of rotatable bonds is 15. The van der Waals surface area contributed by atoms with Crippen molar-refractivity contribution in [1.29, 1.82) is 0 Å². The van der Waals surface area contributed by atoms with E-state index >= 15 is 0 Å². The maximum absolute atomic E-state index is 13.8. The van der Waals surface area contributed by atoms with Gasteiger partial charge in [0.2, 0.25) is 17.8 Å². The summed E-state index contributed by atoms with van der Waals surface area (Å²) in [5, 5.41) is 21.1. The van der Waals surface area contributed by atoms with E-state index in [0.717, 1.165) is 59.7 Å². The van der Waals surface area contributed by atoms with Crippen molar-refractivity contribution in [2.75, 3.05) is 55.6 Å². The molecule has 1 radical (unpaired) electrons. The van der Waals surface area contributed by atoms with Crippen LogP contribution in [-0.4, -0.2) is 89.0 Å². The number of nitrogens with zero attached hydrogens (tertiary/aromatic N) is 5. The molecule has 7 rings (SSSR count). The largest absolute Gasteiger partial charge is 0.494 e. The summed E-state index contributed by atoms with van der Waals surface area (Å²) in [4.78, 5) is 45.6. The van der Waals surface area contributed by atoms with Crippen molar-refractivity contribution in [3.8, 4) is 16.2 Å². The third-order valence-corrected chi connectivity index (χ3v) is 14.2. The molecule has 3 aromatic carbocycles. The van der Waals surface area contributed by atoms with E-state index in [1.165, 1.54) is 11.1 Å². The first kappa shape index (κ1) is 45.0. The molecule has 2 aliphatic rings. The van der Waals surface area contributed by atoms with Gasteiger partial charge in [-0.15, -0.1) is 11.3 Å². The van der Waals surface area contributed by atoms with Gasteiger partial charge in [0.25, 0.3) is 0 Å². The number of aryl methyl sites for hydroxylation is 1. The van der Waals surface area contributed by atoms with Crippen LogP contribution in [0.15, 0.2) is 78.4 Å². The number of aliphatic hydroxyl groups excluding tert-OH is 1. The van der Waals surface area contributed by atoms with Crippen molar-refractivity contribution in [3.05, 3.63) is 101 Å². The lowest BCUT2D eigenvalue weighted by molar-refractivity contribution is -0.137. The molecule has 327 valence electrons. The molecule has 4 heterocycles. The van der Waals surface area contributed by atoms with Gasteiger partial charge in [0.15, 0.2) is 5.82 Å². The van der Waals surface area contributed by atoms with Gasteiger partial charge in [-0.1, -0.05) is 61.8 Å². The number of benzene rings is 3. The topological polar surface area (TPSA) is 162 Å². The number of methoxy groups -OCH3 is 1. The van der Waals surface area contributed by atoms with E-state index in [0.29, 0.717) is 51.7 Å². The minimum absolute atomic E-state index is 0.120. The lowest BCUT2D eigenvalue weighted by Gasteiger charge is -2.38. The van der Waals surface area contributed by atoms with Gasteiger partial charge in [0, 0.05) is 49.7 Å². The van der Waals surface area contributed by atoms with E-state index < -0.39 is 24.7 Å². The van der Waals surface area contributed by atoms with Crippen molar-refractivity contribution in [1.82, 2.24) is 25.2 Å². The Morgan fingerprint density at radius 1 is 1.05 bits per heavy atom. The van der Waals surface area contributed by atoms with Crippen LogP contribution >= 0.6 is 30.1 Å². The number of aromatic nitrogens is 3. The van der Waals surface area contributed by atoms with Gasteiger partial charge >= 0.3 is 0 Å². The van der Waals surface area contributed by atoms with Crippen molar-refractivity contribution in [2.45, 2.75) is 65.1 Å². The van der Waals surface area contributed by atoms with Crippen LogP contribution < -0.4 is 30.9 Å². The first-order chi connectivity index (χ1) is 29.6. The quantitative estimate of drug-likeness (QED) is 0.0747. The number of piperidine rings is 1. The monoisotopic (exact) mass is 897 g/mol. The molecular weight excluding hydrogens is 843 g/mol. The Balaban J connectivity index is 0.943. The Bertz CT molecular complexity index is 2440. The first-order valence-corrected chi connectivity index (χ1v) is 24.7. The maximum atomic E-state index is 13.8. The summed E-state index contributed by atoms with van der Waals surface area (Å²) >= 11 is 8.09. The number of ether oxygens (including phenoxy) is 1. The molecule has 62 heavy (non-hydrogen) atoms. The number of amides is 2. The maximum Gasteiger partial charge on any atom is 0.243 e. The van der Waals surface area contributed by atoms with Gasteiger partial charge in [-0.2, -0.15) is 4.98 Å². The van der Waals surface area contributed by atoms with Gasteiger partial charge < -0.3 is 40.2 Å². The molecule has 2 amide bonds. The minimum atomic E-state index is -2.57. The summed E-state index contributed by atoms with van der Waals surface area (Å²) < 4.78 is 18.8. The molecule has 0 spiro atoms. The standard InChI is InChI=1S/C46H55ClN8O5PS/c1-29-42(62-28-50-29)32-15-13-30(14-16-32)24-48-44(58)38-21-34(56)27-55(38)41(57)23-46(2,3)22-31-10-9-19-54(26-31)33-17-18-36(39(20-33)60-4)52-45-49-25-35(47)43(53-45)51-37-11-7-8-12-40(37)61(5,6)59/h7-8,11-18,20,23,25,28,31,34,38,56H,9-10,19,21-22,24,26-27H2,1-6H3,(H,48,58)(H2,49,51,52,53)/t31-,34+,38-/m0/s1. The second kappa shape index (κ2) is 19.2. The van der Waals surface area contributed by atoms with Gasteiger partial charge in [-0.25, -0.2) is 9.97 Å². The van der Waals surface area contributed by atoms with E-state index in [-0.39, 0.29) is 24.8 Å². The van der Waals surface area contributed by atoms with Crippen LogP contribution in [0.3, 0.4) is 0 Å².